The summed E-state index contributed by atoms with van der Waals surface area (Å²) in [4.78, 5) is 24.8. The van der Waals surface area contributed by atoms with Gasteiger partial charge in [0.1, 0.15) is 5.69 Å². The van der Waals surface area contributed by atoms with E-state index in [4.69, 9.17) is 5.11 Å². The number of rotatable bonds is 6. The molecule has 0 saturated heterocycles. The molecule has 19 heavy (non-hydrogen) atoms. The van der Waals surface area contributed by atoms with Gasteiger partial charge in [0, 0.05) is 19.6 Å². The number of carboxylic acid groups (broad SMARTS) is 1. The zero-order valence-corrected chi connectivity index (χ0v) is 11.3. The SMILES string of the molecule is CCc1cc(C(=O)N(CCC(=O)O)C2CC2)n(C)n1. The fourth-order valence-corrected chi connectivity index (χ4v) is 2.10. The van der Waals surface area contributed by atoms with E-state index in [1.807, 2.05) is 6.92 Å². The second kappa shape index (κ2) is 5.42. The van der Waals surface area contributed by atoms with Gasteiger partial charge in [-0.15, -0.1) is 0 Å². The lowest BCUT2D eigenvalue weighted by atomic mass is 10.2. The lowest BCUT2D eigenvalue weighted by Crippen LogP contribution is -2.36. The molecule has 1 aromatic heterocycles. The molecule has 6 nitrogen and oxygen atoms in total. The van der Waals surface area contributed by atoms with Crippen molar-refractivity contribution in [3.8, 4) is 0 Å². The summed E-state index contributed by atoms with van der Waals surface area (Å²) < 4.78 is 1.58. The lowest BCUT2D eigenvalue weighted by molar-refractivity contribution is -0.137. The molecular formula is C13H19N3O3. The largest absolute Gasteiger partial charge is 0.481 e. The molecule has 0 aromatic carbocycles. The number of aromatic nitrogens is 2. The van der Waals surface area contributed by atoms with Gasteiger partial charge in [-0.3, -0.25) is 14.3 Å². The van der Waals surface area contributed by atoms with Crippen molar-refractivity contribution in [3.63, 3.8) is 0 Å². The first-order valence-electron chi connectivity index (χ1n) is 6.58. The van der Waals surface area contributed by atoms with Gasteiger partial charge in [-0.2, -0.15) is 5.10 Å². The monoisotopic (exact) mass is 265 g/mol. The highest BCUT2D eigenvalue weighted by molar-refractivity contribution is 5.93. The molecule has 0 spiro atoms. The van der Waals surface area contributed by atoms with E-state index in [1.165, 1.54) is 0 Å². The number of aliphatic carboxylic acids is 1. The minimum Gasteiger partial charge on any atom is -0.481 e. The van der Waals surface area contributed by atoms with E-state index >= 15 is 0 Å². The average molecular weight is 265 g/mol. The molecular weight excluding hydrogens is 246 g/mol. The van der Waals surface area contributed by atoms with Crippen LogP contribution >= 0.6 is 0 Å². The summed E-state index contributed by atoms with van der Waals surface area (Å²) in [5, 5.41) is 13.0. The first-order valence-corrected chi connectivity index (χ1v) is 6.58. The third kappa shape index (κ3) is 3.13. The number of hydrogen-bond acceptors (Lipinski definition) is 3. The van der Waals surface area contributed by atoms with Crippen molar-refractivity contribution < 1.29 is 14.7 Å². The number of carbonyl (C=O) groups excluding carboxylic acids is 1. The summed E-state index contributed by atoms with van der Waals surface area (Å²) in [5.74, 6) is -0.990. The van der Waals surface area contributed by atoms with Gasteiger partial charge >= 0.3 is 5.97 Å². The Morgan fingerprint density at radius 3 is 2.68 bits per heavy atom. The molecule has 1 saturated carbocycles. The maximum Gasteiger partial charge on any atom is 0.305 e. The van der Waals surface area contributed by atoms with E-state index in [0.29, 0.717) is 5.69 Å². The Bertz CT molecular complexity index is 491. The molecule has 0 radical (unpaired) electrons. The second-order valence-electron chi connectivity index (χ2n) is 4.87. The topological polar surface area (TPSA) is 75.4 Å². The van der Waals surface area contributed by atoms with Crippen molar-refractivity contribution in [1.82, 2.24) is 14.7 Å². The maximum atomic E-state index is 12.5. The van der Waals surface area contributed by atoms with Gasteiger partial charge in [0.15, 0.2) is 0 Å². The van der Waals surface area contributed by atoms with Crippen molar-refractivity contribution in [2.45, 2.75) is 38.6 Å². The van der Waals surface area contributed by atoms with Gasteiger partial charge in [-0.1, -0.05) is 6.92 Å². The highest BCUT2D eigenvalue weighted by Gasteiger charge is 2.34. The van der Waals surface area contributed by atoms with Gasteiger partial charge in [0.2, 0.25) is 0 Å². The van der Waals surface area contributed by atoms with Crippen molar-refractivity contribution >= 4 is 11.9 Å². The molecule has 1 heterocycles. The summed E-state index contributed by atoms with van der Waals surface area (Å²) in [6.07, 6.45) is 2.69. The van der Waals surface area contributed by atoms with E-state index in [0.717, 1.165) is 25.0 Å². The molecule has 2 rings (SSSR count). The Morgan fingerprint density at radius 1 is 1.53 bits per heavy atom. The minimum absolute atomic E-state index is 0.0132. The van der Waals surface area contributed by atoms with Crippen LogP contribution in [0.25, 0.3) is 0 Å². The summed E-state index contributed by atoms with van der Waals surface area (Å²) >= 11 is 0. The number of nitrogens with zero attached hydrogens (tertiary/aromatic N) is 3. The zero-order valence-electron chi connectivity index (χ0n) is 11.3. The number of amides is 1. The third-order valence-corrected chi connectivity index (χ3v) is 3.33. The molecule has 104 valence electrons. The smallest absolute Gasteiger partial charge is 0.305 e. The van der Waals surface area contributed by atoms with Crippen LogP contribution in [0.15, 0.2) is 6.07 Å². The van der Waals surface area contributed by atoms with Crippen LogP contribution in [0, 0.1) is 0 Å². The highest BCUT2D eigenvalue weighted by Crippen LogP contribution is 2.28. The highest BCUT2D eigenvalue weighted by atomic mass is 16.4. The maximum absolute atomic E-state index is 12.5. The third-order valence-electron chi connectivity index (χ3n) is 3.33. The van der Waals surface area contributed by atoms with Crippen molar-refractivity contribution in [2.75, 3.05) is 6.54 Å². The van der Waals surface area contributed by atoms with Crippen LogP contribution in [0.1, 0.15) is 42.4 Å². The molecule has 6 heteroatoms. The summed E-state index contributed by atoms with van der Waals surface area (Å²) in [5.41, 5.74) is 1.41. The van der Waals surface area contributed by atoms with Crippen LogP contribution in [-0.4, -0.2) is 44.3 Å². The predicted molar refractivity (Wildman–Crippen MR) is 68.9 cm³/mol. The lowest BCUT2D eigenvalue weighted by Gasteiger charge is -2.21. The molecule has 1 fully saturated rings. The zero-order chi connectivity index (χ0) is 14.0. The van der Waals surface area contributed by atoms with E-state index in [9.17, 15) is 9.59 Å². The van der Waals surface area contributed by atoms with Crippen LogP contribution in [0.2, 0.25) is 0 Å². The molecule has 1 aliphatic rings. The Kier molecular flexibility index (Phi) is 3.87. The molecule has 0 atom stereocenters. The van der Waals surface area contributed by atoms with Gasteiger partial charge in [-0.05, 0) is 25.3 Å². The Morgan fingerprint density at radius 2 is 2.21 bits per heavy atom. The first-order chi connectivity index (χ1) is 9.02. The molecule has 1 aliphatic carbocycles. The number of carbonyl (C=O) groups is 2. The van der Waals surface area contributed by atoms with Crippen molar-refractivity contribution in [3.05, 3.63) is 17.5 Å². The Labute approximate surface area is 112 Å². The quantitative estimate of drug-likeness (QED) is 0.834. The van der Waals surface area contributed by atoms with Crippen LogP contribution in [0.5, 0.6) is 0 Å². The molecule has 1 aromatic rings. The van der Waals surface area contributed by atoms with E-state index in [1.54, 1.807) is 22.7 Å². The summed E-state index contributed by atoms with van der Waals surface area (Å²) in [6, 6.07) is 1.99. The van der Waals surface area contributed by atoms with Crippen LogP contribution in [0.3, 0.4) is 0 Å². The molecule has 1 N–H and O–H groups in total. The van der Waals surface area contributed by atoms with Crippen molar-refractivity contribution in [2.24, 2.45) is 7.05 Å². The summed E-state index contributed by atoms with van der Waals surface area (Å²) in [6.45, 7) is 2.26. The van der Waals surface area contributed by atoms with Gasteiger partial charge in [0.05, 0.1) is 12.1 Å². The number of hydrogen-bond donors (Lipinski definition) is 1. The van der Waals surface area contributed by atoms with E-state index in [2.05, 4.69) is 5.10 Å². The Balaban J connectivity index is 2.13. The fourth-order valence-electron chi connectivity index (χ4n) is 2.10. The van der Waals surface area contributed by atoms with Crippen molar-refractivity contribution in [1.29, 1.82) is 0 Å². The average Bonchev–Trinajstić information content (AvgIpc) is 3.11. The molecule has 0 aliphatic heterocycles. The number of aryl methyl sites for hydroxylation is 2. The predicted octanol–water partition coefficient (Wildman–Crippen LogP) is 1.06. The van der Waals surface area contributed by atoms with E-state index < -0.39 is 5.97 Å². The fraction of sp³-hybridized carbons (Fsp3) is 0.615. The Hall–Kier alpha value is -1.85. The van der Waals surface area contributed by atoms with Crippen LogP contribution in [0.4, 0.5) is 0 Å². The number of carboxylic acids is 1. The molecule has 1 amide bonds. The summed E-state index contributed by atoms with van der Waals surface area (Å²) in [7, 11) is 1.74. The van der Waals surface area contributed by atoms with Crippen LogP contribution < -0.4 is 0 Å². The van der Waals surface area contributed by atoms with Gasteiger partial charge in [0.25, 0.3) is 5.91 Å². The van der Waals surface area contributed by atoms with Gasteiger partial charge in [-0.25, -0.2) is 0 Å². The van der Waals surface area contributed by atoms with Crippen LogP contribution in [-0.2, 0) is 18.3 Å². The molecule has 0 bridgehead atoms. The van der Waals surface area contributed by atoms with E-state index in [-0.39, 0.29) is 24.9 Å². The van der Waals surface area contributed by atoms with Gasteiger partial charge < -0.3 is 10.0 Å². The first kappa shape index (κ1) is 13.6. The standard InChI is InChI=1S/C13H19N3O3/c1-3-9-8-11(15(2)14-9)13(19)16(10-4-5-10)7-6-12(17)18/h8,10H,3-7H2,1-2H3,(H,17,18). The molecule has 0 unspecified atom stereocenters. The normalized spacial score (nSPS) is 14.4. The second-order valence-corrected chi connectivity index (χ2v) is 4.87. The minimum atomic E-state index is -0.877.